The molecule has 2 aromatic heterocycles. The lowest BCUT2D eigenvalue weighted by Crippen LogP contribution is -2.06. The minimum atomic E-state index is 0.156. The average Bonchev–Trinajstić information content (AvgIpc) is 2.62. The summed E-state index contributed by atoms with van der Waals surface area (Å²) in [6.07, 6.45) is 3.65. The monoisotopic (exact) mass is 335 g/mol. The van der Waals surface area contributed by atoms with E-state index in [9.17, 15) is 0 Å². The van der Waals surface area contributed by atoms with Crippen molar-refractivity contribution < 1.29 is 4.74 Å². The van der Waals surface area contributed by atoms with E-state index in [1.807, 2.05) is 62.4 Å². The zero-order valence-corrected chi connectivity index (χ0v) is 14.3. The smallest absolute Gasteiger partial charge is 0.229 e. The molecule has 1 aromatic carbocycles. The number of benzene rings is 1. The highest BCUT2D eigenvalue weighted by Crippen LogP contribution is 2.19. The summed E-state index contributed by atoms with van der Waals surface area (Å²) in [6, 6.07) is 15.4. The molecule has 0 aliphatic heterocycles. The van der Waals surface area contributed by atoms with Gasteiger partial charge in [0.15, 0.2) is 0 Å². The first-order chi connectivity index (χ1) is 12.2. The summed E-state index contributed by atoms with van der Waals surface area (Å²) in [5.41, 5.74) is 1.86. The second-order valence-electron chi connectivity index (χ2n) is 5.76. The zero-order chi connectivity index (χ0) is 17.5. The second-order valence-corrected chi connectivity index (χ2v) is 5.76. The molecule has 3 rings (SSSR count). The van der Waals surface area contributed by atoms with Crippen LogP contribution in [0.25, 0.3) is 0 Å². The number of aromatic nitrogens is 3. The van der Waals surface area contributed by atoms with E-state index in [4.69, 9.17) is 4.74 Å². The Hall–Kier alpha value is -3.15. The first-order valence-corrected chi connectivity index (χ1v) is 8.19. The van der Waals surface area contributed by atoms with Gasteiger partial charge >= 0.3 is 0 Å². The minimum Gasteiger partial charge on any atom is -0.491 e. The van der Waals surface area contributed by atoms with E-state index in [0.717, 1.165) is 22.9 Å². The number of rotatable bonds is 7. The topological polar surface area (TPSA) is 72.0 Å². The molecule has 0 saturated heterocycles. The number of ether oxygens (including phenoxy) is 1. The van der Waals surface area contributed by atoms with Crippen LogP contribution in [0.15, 0.2) is 60.9 Å². The molecule has 0 spiro atoms. The molecule has 0 bridgehead atoms. The van der Waals surface area contributed by atoms with Crippen LogP contribution < -0.4 is 15.4 Å². The van der Waals surface area contributed by atoms with Gasteiger partial charge in [0.25, 0.3) is 0 Å². The molecule has 128 valence electrons. The maximum absolute atomic E-state index is 5.64. The fourth-order valence-electron chi connectivity index (χ4n) is 2.22. The third kappa shape index (κ3) is 5.17. The molecule has 2 N–H and O–H groups in total. The van der Waals surface area contributed by atoms with Gasteiger partial charge in [-0.15, -0.1) is 0 Å². The second kappa shape index (κ2) is 8.10. The summed E-state index contributed by atoms with van der Waals surface area (Å²) >= 11 is 0. The normalized spacial score (nSPS) is 10.5. The number of hydrogen-bond acceptors (Lipinski definition) is 6. The van der Waals surface area contributed by atoms with Crippen LogP contribution in [0.1, 0.15) is 19.5 Å². The van der Waals surface area contributed by atoms with Gasteiger partial charge in [0.05, 0.1) is 18.3 Å². The molecule has 0 radical (unpaired) electrons. The molecule has 6 heteroatoms. The van der Waals surface area contributed by atoms with Crippen LogP contribution in [0.3, 0.4) is 0 Å². The van der Waals surface area contributed by atoms with Crippen molar-refractivity contribution in [2.24, 2.45) is 0 Å². The van der Waals surface area contributed by atoms with Crippen LogP contribution in [-0.2, 0) is 6.54 Å². The standard InChI is InChI=1S/C19H21N5O/c1-14(2)25-17-8-6-15(7-9-17)23-19-21-12-10-18(24-19)22-13-16-5-3-4-11-20-16/h3-12,14H,13H2,1-2H3,(H2,21,22,23,24). The summed E-state index contributed by atoms with van der Waals surface area (Å²) in [7, 11) is 0. The molecule has 0 aliphatic carbocycles. The van der Waals surface area contributed by atoms with Gasteiger partial charge in [0.1, 0.15) is 11.6 Å². The largest absolute Gasteiger partial charge is 0.491 e. The Kier molecular flexibility index (Phi) is 5.41. The van der Waals surface area contributed by atoms with Gasteiger partial charge in [0, 0.05) is 18.1 Å². The van der Waals surface area contributed by atoms with Crippen LogP contribution in [0.5, 0.6) is 5.75 Å². The Morgan fingerprint density at radius 1 is 0.960 bits per heavy atom. The maximum atomic E-state index is 5.64. The van der Waals surface area contributed by atoms with Crippen molar-refractivity contribution >= 4 is 17.5 Å². The fraction of sp³-hybridized carbons (Fsp3) is 0.211. The van der Waals surface area contributed by atoms with Crippen LogP contribution in [-0.4, -0.2) is 21.1 Å². The van der Waals surface area contributed by atoms with Crippen LogP contribution >= 0.6 is 0 Å². The lowest BCUT2D eigenvalue weighted by molar-refractivity contribution is 0.242. The molecule has 25 heavy (non-hydrogen) atoms. The molecule has 6 nitrogen and oxygen atoms in total. The number of nitrogens with zero attached hydrogens (tertiary/aromatic N) is 3. The predicted molar refractivity (Wildman–Crippen MR) is 99.1 cm³/mol. The van der Waals surface area contributed by atoms with Gasteiger partial charge in [-0.2, -0.15) is 4.98 Å². The van der Waals surface area contributed by atoms with Gasteiger partial charge in [-0.25, -0.2) is 4.98 Å². The van der Waals surface area contributed by atoms with Crippen molar-refractivity contribution in [1.29, 1.82) is 0 Å². The number of pyridine rings is 1. The molecule has 0 fully saturated rings. The van der Waals surface area contributed by atoms with E-state index in [1.165, 1.54) is 0 Å². The van der Waals surface area contributed by atoms with E-state index >= 15 is 0 Å². The van der Waals surface area contributed by atoms with Gasteiger partial charge < -0.3 is 15.4 Å². The van der Waals surface area contributed by atoms with E-state index in [0.29, 0.717) is 12.5 Å². The van der Waals surface area contributed by atoms with Gasteiger partial charge in [-0.3, -0.25) is 4.98 Å². The lowest BCUT2D eigenvalue weighted by atomic mass is 10.3. The lowest BCUT2D eigenvalue weighted by Gasteiger charge is -2.11. The number of anilines is 3. The molecule has 2 heterocycles. The Morgan fingerprint density at radius 2 is 1.80 bits per heavy atom. The Bertz CT molecular complexity index is 790. The van der Waals surface area contributed by atoms with Crippen molar-refractivity contribution in [1.82, 2.24) is 15.0 Å². The third-order valence-electron chi connectivity index (χ3n) is 3.31. The molecule has 3 aromatic rings. The van der Waals surface area contributed by atoms with E-state index in [2.05, 4.69) is 25.6 Å². The van der Waals surface area contributed by atoms with E-state index in [-0.39, 0.29) is 6.10 Å². The Balaban J connectivity index is 1.61. The van der Waals surface area contributed by atoms with Crippen molar-refractivity contribution in [3.05, 3.63) is 66.6 Å². The van der Waals surface area contributed by atoms with Crippen LogP contribution in [0, 0.1) is 0 Å². The van der Waals surface area contributed by atoms with Gasteiger partial charge in [0.2, 0.25) is 5.95 Å². The van der Waals surface area contributed by atoms with Gasteiger partial charge in [-0.05, 0) is 56.3 Å². The van der Waals surface area contributed by atoms with Gasteiger partial charge in [-0.1, -0.05) is 6.07 Å². The van der Waals surface area contributed by atoms with Crippen molar-refractivity contribution in [2.45, 2.75) is 26.5 Å². The first kappa shape index (κ1) is 16.7. The molecule has 0 amide bonds. The van der Waals surface area contributed by atoms with E-state index in [1.54, 1.807) is 12.4 Å². The Labute approximate surface area is 147 Å². The van der Waals surface area contributed by atoms with E-state index < -0.39 is 0 Å². The predicted octanol–water partition coefficient (Wildman–Crippen LogP) is 4.01. The SMILES string of the molecule is CC(C)Oc1ccc(Nc2nccc(NCc3ccccn3)n2)cc1. The van der Waals surface area contributed by atoms with Crippen molar-refractivity contribution in [3.63, 3.8) is 0 Å². The van der Waals surface area contributed by atoms with Crippen LogP contribution in [0.2, 0.25) is 0 Å². The molecule has 0 atom stereocenters. The highest BCUT2D eigenvalue weighted by Gasteiger charge is 2.02. The summed E-state index contributed by atoms with van der Waals surface area (Å²) in [4.78, 5) is 13.0. The van der Waals surface area contributed by atoms with Crippen molar-refractivity contribution in [2.75, 3.05) is 10.6 Å². The molecular weight excluding hydrogens is 314 g/mol. The average molecular weight is 335 g/mol. The molecule has 0 saturated carbocycles. The fourth-order valence-corrected chi connectivity index (χ4v) is 2.22. The maximum Gasteiger partial charge on any atom is 0.229 e. The minimum absolute atomic E-state index is 0.156. The zero-order valence-electron chi connectivity index (χ0n) is 14.3. The van der Waals surface area contributed by atoms with Crippen LogP contribution in [0.4, 0.5) is 17.5 Å². The molecule has 0 aliphatic rings. The number of hydrogen-bond donors (Lipinski definition) is 2. The third-order valence-corrected chi connectivity index (χ3v) is 3.31. The highest BCUT2D eigenvalue weighted by molar-refractivity contribution is 5.55. The molecule has 0 unspecified atom stereocenters. The highest BCUT2D eigenvalue weighted by atomic mass is 16.5. The Morgan fingerprint density at radius 3 is 2.52 bits per heavy atom. The molecular formula is C19H21N5O. The summed E-state index contributed by atoms with van der Waals surface area (Å²) in [5, 5.41) is 6.43. The summed E-state index contributed by atoms with van der Waals surface area (Å²) in [6.45, 7) is 4.62. The quantitative estimate of drug-likeness (QED) is 0.679. The summed E-state index contributed by atoms with van der Waals surface area (Å²) in [5.74, 6) is 2.11. The number of nitrogens with one attached hydrogen (secondary N) is 2. The first-order valence-electron chi connectivity index (χ1n) is 8.19. The van der Waals surface area contributed by atoms with Crippen molar-refractivity contribution in [3.8, 4) is 5.75 Å². The summed E-state index contributed by atoms with van der Waals surface area (Å²) < 4.78 is 5.64.